The number of rotatable bonds is 2. The maximum Gasteiger partial charge on any atom is 0.416 e. The Hall–Kier alpha value is -1.25. The van der Waals surface area contributed by atoms with E-state index in [2.05, 4.69) is 27.7 Å². The number of aromatic nitrogens is 2. The second kappa shape index (κ2) is 5.27. The summed E-state index contributed by atoms with van der Waals surface area (Å²) in [5.74, 6) is 0.633. The van der Waals surface area contributed by atoms with Crippen LogP contribution in [0.5, 0.6) is 0 Å². The molecule has 1 aromatic heterocycles. The summed E-state index contributed by atoms with van der Waals surface area (Å²) < 4.78 is 39.9. The molecule has 0 radical (unpaired) electrons. The van der Waals surface area contributed by atoms with E-state index >= 15 is 0 Å². The molecular formula is C13H13F3IN3. The lowest BCUT2D eigenvalue weighted by atomic mass is 10.1. The summed E-state index contributed by atoms with van der Waals surface area (Å²) >= 11 is 2.10. The quantitative estimate of drug-likeness (QED) is 0.775. The second-order valence-corrected chi connectivity index (χ2v) is 5.77. The van der Waals surface area contributed by atoms with Crippen molar-refractivity contribution in [3.63, 3.8) is 0 Å². The van der Waals surface area contributed by atoms with Crippen LogP contribution < -0.4 is 5.73 Å². The van der Waals surface area contributed by atoms with Gasteiger partial charge in [0.05, 0.1) is 20.5 Å². The minimum atomic E-state index is -4.34. The predicted molar refractivity (Wildman–Crippen MR) is 79.8 cm³/mol. The summed E-state index contributed by atoms with van der Waals surface area (Å²) in [7, 11) is 0. The third kappa shape index (κ3) is 2.77. The Balaban J connectivity index is 2.45. The normalized spacial score (nSPS) is 12.2. The molecule has 2 rings (SSSR count). The van der Waals surface area contributed by atoms with E-state index in [4.69, 9.17) is 5.73 Å². The summed E-state index contributed by atoms with van der Waals surface area (Å²) in [4.78, 5) is 0. The van der Waals surface area contributed by atoms with Crippen LogP contribution in [0.25, 0.3) is 5.69 Å². The van der Waals surface area contributed by atoms with Gasteiger partial charge in [0, 0.05) is 0 Å². The molecule has 2 aromatic rings. The Morgan fingerprint density at radius 1 is 1.20 bits per heavy atom. The van der Waals surface area contributed by atoms with Gasteiger partial charge in [0.25, 0.3) is 0 Å². The Morgan fingerprint density at radius 2 is 1.75 bits per heavy atom. The molecule has 0 saturated carbocycles. The average molecular weight is 395 g/mol. The molecule has 0 aliphatic rings. The summed E-state index contributed by atoms with van der Waals surface area (Å²) in [6, 6.07) is 4.79. The number of nitrogens with two attached hydrogens (primary N) is 1. The zero-order valence-electron chi connectivity index (χ0n) is 10.9. The van der Waals surface area contributed by atoms with E-state index in [9.17, 15) is 13.2 Å². The molecule has 0 aliphatic carbocycles. The Kier molecular flexibility index (Phi) is 3.99. The predicted octanol–water partition coefficient (Wildman–Crippen LogP) is 4.20. The van der Waals surface area contributed by atoms with Gasteiger partial charge in [-0.1, -0.05) is 13.8 Å². The Bertz CT molecular complexity index is 615. The molecule has 0 aliphatic heterocycles. The van der Waals surface area contributed by atoms with Crippen LogP contribution in [0.2, 0.25) is 0 Å². The van der Waals surface area contributed by atoms with Crippen LogP contribution in [0.1, 0.15) is 31.0 Å². The molecule has 0 bridgehead atoms. The summed E-state index contributed by atoms with van der Waals surface area (Å²) in [5.41, 5.74) is 6.63. The second-order valence-electron chi connectivity index (χ2n) is 4.70. The molecule has 2 N–H and O–H groups in total. The van der Waals surface area contributed by atoms with E-state index in [-0.39, 0.29) is 5.92 Å². The number of alkyl halides is 3. The average Bonchev–Trinajstić information content (AvgIpc) is 2.66. The van der Waals surface area contributed by atoms with Gasteiger partial charge in [-0.15, -0.1) is 0 Å². The number of hydrogen-bond acceptors (Lipinski definition) is 2. The van der Waals surface area contributed by atoms with Crippen LogP contribution in [-0.4, -0.2) is 9.78 Å². The van der Waals surface area contributed by atoms with Crippen molar-refractivity contribution in [2.75, 3.05) is 5.73 Å². The van der Waals surface area contributed by atoms with Crippen molar-refractivity contribution in [2.45, 2.75) is 25.9 Å². The topological polar surface area (TPSA) is 43.8 Å². The Morgan fingerprint density at radius 3 is 2.15 bits per heavy atom. The molecule has 7 heteroatoms. The first-order valence-electron chi connectivity index (χ1n) is 5.93. The van der Waals surface area contributed by atoms with Crippen LogP contribution >= 0.6 is 22.6 Å². The fourth-order valence-corrected chi connectivity index (χ4v) is 2.75. The van der Waals surface area contributed by atoms with Gasteiger partial charge in [-0.2, -0.15) is 18.3 Å². The molecule has 0 atom stereocenters. The first-order valence-corrected chi connectivity index (χ1v) is 7.01. The standard InChI is InChI=1S/C13H13F3IN3/c1-7(2)11-10(17)12(18)20(19-11)9-5-3-8(4-6-9)13(14,15)16/h3-7H,18H2,1-2H3. The van der Waals surface area contributed by atoms with Crippen molar-refractivity contribution < 1.29 is 13.2 Å². The van der Waals surface area contributed by atoms with Crippen molar-refractivity contribution >= 4 is 28.4 Å². The third-order valence-electron chi connectivity index (χ3n) is 2.87. The van der Waals surface area contributed by atoms with Crippen molar-refractivity contribution in [3.05, 3.63) is 39.1 Å². The molecule has 1 heterocycles. The fourth-order valence-electron chi connectivity index (χ4n) is 1.79. The molecule has 0 saturated heterocycles. The molecule has 1 aromatic carbocycles. The zero-order valence-corrected chi connectivity index (χ0v) is 13.0. The summed E-state index contributed by atoms with van der Waals surface area (Å²) in [5, 5.41) is 4.37. The van der Waals surface area contributed by atoms with E-state index in [1.807, 2.05) is 13.8 Å². The zero-order chi connectivity index (χ0) is 15.1. The maximum absolute atomic E-state index is 12.5. The highest BCUT2D eigenvalue weighted by atomic mass is 127. The molecule has 0 fully saturated rings. The van der Waals surface area contributed by atoms with Crippen LogP contribution in [0.15, 0.2) is 24.3 Å². The van der Waals surface area contributed by atoms with Crippen LogP contribution in [0.4, 0.5) is 19.0 Å². The lowest BCUT2D eigenvalue weighted by molar-refractivity contribution is -0.137. The van der Waals surface area contributed by atoms with Crippen LogP contribution in [-0.2, 0) is 6.18 Å². The van der Waals surface area contributed by atoms with Gasteiger partial charge in [0.2, 0.25) is 0 Å². The number of anilines is 1. The highest BCUT2D eigenvalue weighted by molar-refractivity contribution is 14.1. The van der Waals surface area contributed by atoms with Crippen molar-refractivity contribution in [2.24, 2.45) is 0 Å². The monoisotopic (exact) mass is 395 g/mol. The highest BCUT2D eigenvalue weighted by Crippen LogP contribution is 2.31. The van der Waals surface area contributed by atoms with Gasteiger partial charge in [-0.05, 0) is 52.8 Å². The minimum Gasteiger partial charge on any atom is -0.383 e. The van der Waals surface area contributed by atoms with Crippen molar-refractivity contribution in [3.8, 4) is 5.69 Å². The molecule has 108 valence electrons. The molecule has 0 unspecified atom stereocenters. The molecule has 20 heavy (non-hydrogen) atoms. The number of halogens is 4. The first kappa shape index (κ1) is 15.1. The van der Waals surface area contributed by atoms with Gasteiger partial charge in [-0.25, -0.2) is 4.68 Å². The van der Waals surface area contributed by atoms with Crippen molar-refractivity contribution in [1.29, 1.82) is 0 Å². The molecule has 0 spiro atoms. The number of hydrogen-bond donors (Lipinski definition) is 1. The van der Waals surface area contributed by atoms with E-state index in [1.165, 1.54) is 16.8 Å². The smallest absolute Gasteiger partial charge is 0.383 e. The molecular weight excluding hydrogens is 382 g/mol. The van der Waals surface area contributed by atoms with Crippen molar-refractivity contribution in [1.82, 2.24) is 9.78 Å². The Labute approximate surface area is 128 Å². The van der Waals surface area contributed by atoms with E-state index in [1.54, 1.807) is 0 Å². The molecule has 0 amide bonds. The number of benzene rings is 1. The summed E-state index contributed by atoms with van der Waals surface area (Å²) in [6.45, 7) is 3.97. The number of nitrogens with zero attached hydrogens (tertiary/aromatic N) is 2. The van der Waals surface area contributed by atoms with Gasteiger partial charge in [0.15, 0.2) is 0 Å². The van der Waals surface area contributed by atoms with Gasteiger partial charge in [-0.3, -0.25) is 0 Å². The third-order valence-corrected chi connectivity index (χ3v) is 3.98. The minimum absolute atomic E-state index is 0.194. The summed E-state index contributed by atoms with van der Waals surface area (Å²) in [6.07, 6.45) is -4.34. The SMILES string of the molecule is CC(C)c1nn(-c2ccc(C(F)(F)F)cc2)c(N)c1I. The lowest BCUT2D eigenvalue weighted by Crippen LogP contribution is -2.06. The largest absolute Gasteiger partial charge is 0.416 e. The van der Waals surface area contributed by atoms with E-state index in [0.29, 0.717) is 11.5 Å². The maximum atomic E-state index is 12.5. The fraction of sp³-hybridized carbons (Fsp3) is 0.308. The van der Waals surface area contributed by atoms with Gasteiger partial charge in [0.1, 0.15) is 5.82 Å². The van der Waals surface area contributed by atoms with Crippen LogP contribution in [0.3, 0.4) is 0 Å². The van der Waals surface area contributed by atoms with E-state index in [0.717, 1.165) is 21.4 Å². The highest BCUT2D eigenvalue weighted by Gasteiger charge is 2.30. The van der Waals surface area contributed by atoms with E-state index < -0.39 is 11.7 Å². The molecule has 3 nitrogen and oxygen atoms in total. The van der Waals surface area contributed by atoms with Gasteiger partial charge < -0.3 is 5.73 Å². The lowest BCUT2D eigenvalue weighted by Gasteiger charge is -2.08. The first-order chi connectivity index (χ1) is 9.21. The number of nitrogen functional groups attached to an aromatic ring is 1. The van der Waals surface area contributed by atoms with Gasteiger partial charge >= 0.3 is 6.18 Å². The van der Waals surface area contributed by atoms with Crippen LogP contribution in [0, 0.1) is 3.57 Å².